The van der Waals surface area contributed by atoms with E-state index in [1.165, 1.54) is 7.11 Å². The van der Waals surface area contributed by atoms with Gasteiger partial charge in [-0.2, -0.15) is 0 Å². The molecule has 3 aromatic rings. The van der Waals surface area contributed by atoms with Crippen molar-refractivity contribution in [3.05, 3.63) is 60.3 Å². The van der Waals surface area contributed by atoms with Crippen LogP contribution in [0.3, 0.4) is 0 Å². The van der Waals surface area contributed by atoms with Crippen molar-refractivity contribution < 1.29 is 23.9 Å². The van der Waals surface area contributed by atoms with Crippen LogP contribution in [0.4, 0.5) is 5.69 Å². The maximum atomic E-state index is 12.6. The molecule has 0 spiro atoms. The number of anilines is 1. The monoisotopic (exact) mass is 393 g/mol. The lowest BCUT2D eigenvalue weighted by atomic mass is 10.1. The van der Waals surface area contributed by atoms with Crippen molar-refractivity contribution in [3.8, 4) is 11.5 Å². The predicted molar refractivity (Wildman–Crippen MR) is 106 cm³/mol. The summed E-state index contributed by atoms with van der Waals surface area (Å²) in [7, 11) is 1.50. The Morgan fingerprint density at radius 3 is 2.79 bits per heavy atom. The maximum absolute atomic E-state index is 12.6. The van der Waals surface area contributed by atoms with Crippen molar-refractivity contribution in [1.29, 1.82) is 0 Å². The summed E-state index contributed by atoms with van der Waals surface area (Å²) in [6.45, 7) is 1.15. The Balaban J connectivity index is 1.47. The molecule has 1 saturated heterocycles. The zero-order valence-corrected chi connectivity index (χ0v) is 15.7. The minimum absolute atomic E-state index is 0.182. The Morgan fingerprint density at radius 1 is 1.17 bits per heavy atom. The summed E-state index contributed by atoms with van der Waals surface area (Å²) >= 11 is 0. The molecule has 1 aromatic heterocycles. The van der Waals surface area contributed by atoms with E-state index in [4.69, 9.17) is 14.3 Å². The van der Waals surface area contributed by atoms with E-state index in [1.807, 2.05) is 30.3 Å². The number of hydrogen-bond acceptors (Lipinski definition) is 7. The van der Waals surface area contributed by atoms with Gasteiger partial charge in [0.1, 0.15) is 17.4 Å². The van der Waals surface area contributed by atoms with E-state index < -0.39 is 0 Å². The van der Waals surface area contributed by atoms with Crippen molar-refractivity contribution in [3.63, 3.8) is 0 Å². The average molecular weight is 393 g/mol. The van der Waals surface area contributed by atoms with Gasteiger partial charge in [0, 0.05) is 17.6 Å². The molecule has 148 valence electrons. The number of carbonyl (C=O) groups is 2. The third-order valence-corrected chi connectivity index (χ3v) is 4.69. The number of nitrogens with one attached hydrogen (secondary N) is 1. The molecule has 1 N–H and O–H groups in total. The average Bonchev–Trinajstić information content (AvgIpc) is 2.73. The number of rotatable bonds is 7. The SMILES string of the molecule is COc1cc(NOc2cccc3cccnc23)ccc1C(=O)N1CC(OC=O)C1. The molecule has 8 nitrogen and oxygen atoms in total. The number of fused-ring (bicyclic) bond motifs is 1. The minimum atomic E-state index is -0.244. The van der Waals surface area contributed by atoms with Crippen molar-refractivity contribution in [2.45, 2.75) is 6.10 Å². The van der Waals surface area contributed by atoms with E-state index >= 15 is 0 Å². The molecule has 0 saturated carbocycles. The summed E-state index contributed by atoms with van der Waals surface area (Å²) in [5, 5.41) is 0.969. The normalized spacial score (nSPS) is 13.5. The molecule has 1 aliphatic rings. The van der Waals surface area contributed by atoms with Crippen LogP contribution in [-0.2, 0) is 9.53 Å². The van der Waals surface area contributed by atoms with Crippen LogP contribution in [0.25, 0.3) is 10.9 Å². The van der Waals surface area contributed by atoms with Crippen LogP contribution in [0, 0.1) is 0 Å². The van der Waals surface area contributed by atoms with E-state index in [0.29, 0.717) is 42.3 Å². The number of para-hydroxylation sites is 1. The van der Waals surface area contributed by atoms with Gasteiger partial charge in [-0.05, 0) is 24.3 Å². The first kappa shape index (κ1) is 18.5. The van der Waals surface area contributed by atoms with Crippen molar-refractivity contribution in [1.82, 2.24) is 9.88 Å². The van der Waals surface area contributed by atoms with Gasteiger partial charge in [0.2, 0.25) is 0 Å². The highest BCUT2D eigenvalue weighted by Gasteiger charge is 2.33. The molecule has 0 bridgehead atoms. The smallest absolute Gasteiger partial charge is 0.293 e. The van der Waals surface area contributed by atoms with Crippen LogP contribution in [-0.4, -0.2) is 48.6 Å². The lowest BCUT2D eigenvalue weighted by Crippen LogP contribution is -2.54. The van der Waals surface area contributed by atoms with Gasteiger partial charge in [-0.25, -0.2) is 5.48 Å². The van der Waals surface area contributed by atoms with E-state index in [1.54, 1.807) is 29.3 Å². The quantitative estimate of drug-likeness (QED) is 0.487. The van der Waals surface area contributed by atoms with Gasteiger partial charge in [-0.15, -0.1) is 0 Å². The van der Waals surface area contributed by atoms with Crippen LogP contribution in [0.5, 0.6) is 11.5 Å². The van der Waals surface area contributed by atoms with Crippen LogP contribution >= 0.6 is 0 Å². The van der Waals surface area contributed by atoms with Crippen LogP contribution in [0.1, 0.15) is 10.4 Å². The number of benzene rings is 2. The fourth-order valence-electron chi connectivity index (χ4n) is 3.14. The summed E-state index contributed by atoms with van der Waals surface area (Å²) in [5.74, 6) is 0.821. The van der Waals surface area contributed by atoms with Gasteiger partial charge in [-0.3, -0.25) is 14.6 Å². The number of hydrogen-bond donors (Lipinski definition) is 1. The molecule has 1 fully saturated rings. The molecule has 0 radical (unpaired) electrons. The van der Waals surface area contributed by atoms with Crippen molar-refractivity contribution in [2.75, 3.05) is 25.7 Å². The molecule has 29 heavy (non-hydrogen) atoms. The van der Waals surface area contributed by atoms with E-state index in [0.717, 1.165) is 10.9 Å². The van der Waals surface area contributed by atoms with E-state index in [-0.39, 0.29) is 12.0 Å². The third-order valence-electron chi connectivity index (χ3n) is 4.69. The number of carbonyl (C=O) groups excluding carboxylic acids is 2. The number of pyridine rings is 1. The molecule has 0 unspecified atom stereocenters. The minimum Gasteiger partial charge on any atom is -0.496 e. The lowest BCUT2D eigenvalue weighted by Gasteiger charge is -2.37. The fraction of sp³-hybridized carbons (Fsp3) is 0.190. The van der Waals surface area contributed by atoms with E-state index in [9.17, 15) is 9.59 Å². The van der Waals surface area contributed by atoms with Crippen LogP contribution < -0.4 is 15.1 Å². The second-order valence-corrected chi connectivity index (χ2v) is 6.51. The van der Waals surface area contributed by atoms with Gasteiger partial charge in [0.15, 0.2) is 5.75 Å². The summed E-state index contributed by atoms with van der Waals surface area (Å²) in [4.78, 5) is 34.7. The van der Waals surface area contributed by atoms with Crippen LogP contribution in [0.15, 0.2) is 54.7 Å². The number of aromatic nitrogens is 1. The summed E-state index contributed by atoms with van der Waals surface area (Å²) in [6.07, 6.45) is 1.46. The Labute approximate surface area is 167 Å². The first-order valence-corrected chi connectivity index (χ1v) is 9.02. The summed E-state index contributed by atoms with van der Waals surface area (Å²) < 4.78 is 10.2. The fourth-order valence-corrected chi connectivity index (χ4v) is 3.14. The molecule has 1 amide bonds. The zero-order valence-electron chi connectivity index (χ0n) is 15.7. The molecular formula is C21H19N3O5. The molecule has 4 rings (SSSR count). The van der Waals surface area contributed by atoms with Crippen molar-refractivity contribution >= 4 is 29.0 Å². The predicted octanol–water partition coefficient (Wildman–Crippen LogP) is 2.65. The second kappa shape index (κ2) is 8.05. The summed E-state index contributed by atoms with van der Waals surface area (Å²) in [6, 6.07) is 14.6. The van der Waals surface area contributed by atoms with Gasteiger partial charge < -0.3 is 19.2 Å². The first-order valence-electron chi connectivity index (χ1n) is 9.02. The molecule has 2 aromatic carbocycles. The highest BCUT2D eigenvalue weighted by molar-refractivity contribution is 5.98. The lowest BCUT2D eigenvalue weighted by molar-refractivity contribution is -0.139. The molecule has 8 heteroatoms. The summed E-state index contributed by atoms with van der Waals surface area (Å²) in [5.41, 5.74) is 4.66. The Hall–Kier alpha value is -3.81. The third kappa shape index (κ3) is 3.77. The number of ether oxygens (including phenoxy) is 2. The van der Waals surface area contributed by atoms with E-state index in [2.05, 4.69) is 10.5 Å². The largest absolute Gasteiger partial charge is 0.496 e. The zero-order chi connectivity index (χ0) is 20.2. The topological polar surface area (TPSA) is 90.0 Å². The molecular weight excluding hydrogens is 374 g/mol. The number of nitrogens with zero attached hydrogens (tertiary/aromatic N) is 2. The molecule has 0 atom stereocenters. The Morgan fingerprint density at radius 2 is 2.00 bits per heavy atom. The van der Waals surface area contributed by atoms with Gasteiger partial charge in [-0.1, -0.05) is 18.2 Å². The number of methoxy groups -OCH3 is 1. The number of likely N-dealkylation sites (tertiary alicyclic amines) is 1. The highest BCUT2D eigenvalue weighted by atomic mass is 16.6. The Kier molecular flexibility index (Phi) is 5.15. The molecule has 0 aliphatic carbocycles. The van der Waals surface area contributed by atoms with Crippen molar-refractivity contribution in [2.24, 2.45) is 0 Å². The Bertz CT molecular complexity index is 1040. The van der Waals surface area contributed by atoms with Gasteiger partial charge in [0.05, 0.1) is 31.5 Å². The van der Waals surface area contributed by atoms with Gasteiger partial charge >= 0.3 is 0 Å². The molecule has 1 aliphatic heterocycles. The number of amides is 1. The van der Waals surface area contributed by atoms with Crippen LogP contribution in [0.2, 0.25) is 0 Å². The molecule has 2 heterocycles. The van der Waals surface area contributed by atoms with Gasteiger partial charge in [0.25, 0.3) is 12.4 Å². The highest BCUT2D eigenvalue weighted by Crippen LogP contribution is 2.28. The second-order valence-electron chi connectivity index (χ2n) is 6.51. The first-order chi connectivity index (χ1) is 14.2. The standard InChI is InChI=1S/C21H19N3O5/c1-27-19-10-15(7-8-17(19)21(26)24-11-16(12-24)28-13-25)23-29-18-6-2-4-14-5-3-9-22-20(14)18/h2-10,13,16,23H,11-12H2,1H3. The maximum Gasteiger partial charge on any atom is 0.293 e.